The van der Waals surface area contributed by atoms with Gasteiger partial charge in [0.05, 0.1) is 23.1 Å². The van der Waals surface area contributed by atoms with Gasteiger partial charge in [0.15, 0.2) is 0 Å². The first-order valence-corrected chi connectivity index (χ1v) is 9.95. The normalized spacial score (nSPS) is 11.5. The molecule has 0 saturated heterocycles. The van der Waals surface area contributed by atoms with Crippen LogP contribution in [0.15, 0.2) is 115 Å². The van der Waals surface area contributed by atoms with Crippen molar-refractivity contribution in [1.29, 1.82) is 0 Å². The average Bonchev–Trinajstić information content (AvgIpc) is 2.82. The SMILES string of the molecule is CC(c1ccccn1)N(C(=O)N(c1ccccc1)c1ccccc1)c1ccccc1. The lowest BCUT2D eigenvalue weighted by Crippen LogP contribution is -2.42. The molecule has 1 heterocycles. The van der Waals surface area contributed by atoms with E-state index in [0.717, 1.165) is 22.8 Å². The molecule has 0 fully saturated rings. The number of anilines is 3. The summed E-state index contributed by atoms with van der Waals surface area (Å²) >= 11 is 0. The molecule has 0 bridgehead atoms. The topological polar surface area (TPSA) is 36.4 Å². The zero-order valence-electron chi connectivity index (χ0n) is 16.8. The number of hydrogen-bond donors (Lipinski definition) is 0. The summed E-state index contributed by atoms with van der Waals surface area (Å²) in [6.45, 7) is 2.00. The molecule has 3 aromatic carbocycles. The van der Waals surface area contributed by atoms with Crippen molar-refractivity contribution in [2.75, 3.05) is 9.80 Å². The molecule has 4 rings (SSSR count). The maximum Gasteiger partial charge on any atom is 0.334 e. The lowest BCUT2D eigenvalue weighted by molar-refractivity contribution is 0.251. The molecule has 0 aliphatic heterocycles. The van der Waals surface area contributed by atoms with E-state index in [1.165, 1.54) is 0 Å². The summed E-state index contributed by atoms with van der Waals surface area (Å²) in [5.41, 5.74) is 3.26. The Hall–Kier alpha value is -3.92. The van der Waals surface area contributed by atoms with Crippen LogP contribution in [0.1, 0.15) is 18.7 Å². The Morgan fingerprint density at radius 1 is 0.667 bits per heavy atom. The van der Waals surface area contributed by atoms with E-state index in [-0.39, 0.29) is 12.1 Å². The van der Waals surface area contributed by atoms with Gasteiger partial charge in [-0.05, 0) is 55.5 Å². The smallest absolute Gasteiger partial charge is 0.285 e. The summed E-state index contributed by atoms with van der Waals surface area (Å²) in [6.07, 6.45) is 1.76. The van der Waals surface area contributed by atoms with Crippen molar-refractivity contribution in [3.63, 3.8) is 0 Å². The lowest BCUT2D eigenvalue weighted by Gasteiger charge is -2.34. The van der Waals surface area contributed by atoms with Crippen molar-refractivity contribution in [2.24, 2.45) is 0 Å². The average molecular weight is 393 g/mol. The van der Waals surface area contributed by atoms with Crippen LogP contribution in [0.2, 0.25) is 0 Å². The summed E-state index contributed by atoms with van der Waals surface area (Å²) in [5.74, 6) is 0. The molecule has 1 unspecified atom stereocenters. The summed E-state index contributed by atoms with van der Waals surface area (Å²) in [6, 6.07) is 34.5. The Morgan fingerprint density at radius 2 is 1.13 bits per heavy atom. The monoisotopic (exact) mass is 393 g/mol. The second-order valence-electron chi connectivity index (χ2n) is 6.93. The minimum Gasteiger partial charge on any atom is -0.285 e. The Labute approximate surface area is 177 Å². The van der Waals surface area contributed by atoms with E-state index in [4.69, 9.17) is 0 Å². The van der Waals surface area contributed by atoms with Crippen LogP contribution in [-0.4, -0.2) is 11.0 Å². The van der Waals surface area contributed by atoms with Crippen LogP contribution < -0.4 is 9.80 Å². The Kier molecular flexibility index (Phi) is 5.85. The summed E-state index contributed by atoms with van der Waals surface area (Å²) in [4.78, 5) is 22.1. The molecule has 4 heteroatoms. The van der Waals surface area contributed by atoms with E-state index in [9.17, 15) is 4.79 Å². The third kappa shape index (κ3) is 4.08. The predicted octanol–water partition coefficient (Wildman–Crippen LogP) is 6.61. The summed E-state index contributed by atoms with van der Waals surface area (Å²) < 4.78 is 0. The molecule has 4 aromatic rings. The lowest BCUT2D eigenvalue weighted by atomic mass is 10.1. The highest BCUT2D eigenvalue weighted by Gasteiger charge is 2.30. The number of carbonyl (C=O) groups is 1. The van der Waals surface area contributed by atoms with Crippen LogP contribution in [0.4, 0.5) is 21.9 Å². The second-order valence-corrected chi connectivity index (χ2v) is 6.93. The molecule has 0 N–H and O–H groups in total. The molecule has 1 aromatic heterocycles. The van der Waals surface area contributed by atoms with Gasteiger partial charge in [-0.25, -0.2) is 4.79 Å². The highest BCUT2D eigenvalue weighted by molar-refractivity contribution is 6.08. The minimum absolute atomic E-state index is 0.142. The molecule has 0 aliphatic rings. The number of urea groups is 1. The predicted molar refractivity (Wildman–Crippen MR) is 122 cm³/mol. The van der Waals surface area contributed by atoms with Gasteiger partial charge in [0.2, 0.25) is 0 Å². The molecule has 30 heavy (non-hydrogen) atoms. The number of para-hydroxylation sites is 3. The number of amides is 2. The fraction of sp³-hybridized carbons (Fsp3) is 0.0769. The van der Waals surface area contributed by atoms with Crippen LogP contribution in [0.5, 0.6) is 0 Å². The Bertz CT molecular complexity index is 1030. The molecule has 1 atom stereocenters. The largest absolute Gasteiger partial charge is 0.334 e. The Balaban J connectivity index is 1.83. The number of benzene rings is 3. The molecule has 148 valence electrons. The first kappa shape index (κ1) is 19.4. The molecule has 4 nitrogen and oxygen atoms in total. The zero-order valence-corrected chi connectivity index (χ0v) is 16.8. The van der Waals surface area contributed by atoms with Crippen LogP contribution in [0, 0.1) is 0 Å². The second kappa shape index (κ2) is 9.05. The molecular weight excluding hydrogens is 370 g/mol. The van der Waals surface area contributed by atoms with Gasteiger partial charge in [-0.15, -0.1) is 0 Å². The van der Waals surface area contributed by atoms with Gasteiger partial charge < -0.3 is 0 Å². The van der Waals surface area contributed by atoms with Gasteiger partial charge in [0, 0.05) is 11.9 Å². The number of aromatic nitrogens is 1. The third-order valence-corrected chi connectivity index (χ3v) is 4.96. The molecule has 0 radical (unpaired) electrons. The van der Waals surface area contributed by atoms with Crippen LogP contribution in [0.25, 0.3) is 0 Å². The maximum atomic E-state index is 14.1. The number of rotatable bonds is 5. The maximum absolute atomic E-state index is 14.1. The van der Waals surface area contributed by atoms with E-state index in [1.807, 2.05) is 116 Å². The summed E-state index contributed by atoms with van der Waals surface area (Å²) in [5, 5.41) is 0. The first-order valence-electron chi connectivity index (χ1n) is 9.95. The highest BCUT2D eigenvalue weighted by Crippen LogP contribution is 2.32. The minimum atomic E-state index is -0.254. The molecule has 0 aliphatic carbocycles. The van der Waals surface area contributed by atoms with E-state index in [1.54, 1.807) is 16.0 Å². The van der Waals surface area contributed by atoms with Gasteiger partial charge in [-0.3, -0.25) is 14.8 Å². The molecule has 0 spiro atoms. The highest BCUT2D eigenvalue weighted by atomic mass is 16.2. The van der Waals surface area contributed by atoms with Gasteiger partial charge in [-0.1, -0.05) is 60.7 Å². The summed E-state index contributed by atoms with van der Waals surface area (Å²) in [7, 11) is 0. The van der Waals surface area contributed by atoms with E-state index in [0.29, 0.717) is 0 Å². The van der Waals surface area contributed by atoms with Crippen LogP contribution in [-0.2, 0) is 0 Å². The van der Waals surface area contributed by atoms with E-state index < -0.39 is 0 Å². The van der Waals surface area contributed by atoms with Crippen LogP contribution in [0.3, 0.4) is 0 Å². The number of hydrogen-bond acceptors (Lipinski definition) is 2. The van der Waals surface area contributed by atoms with Crippen molar-refractivity contribution in [3.05, 3.63) is 121 Å². The van der Waals surface area contributed by atoms with Gasteiger partial charge in [0.25, 0.3) is 0 Å². The zero-order chi connectivity index (χ0) is 20.8. The van der Waals surface area contributed by atoms with Crippen molar-refractivity contribution in [3.8, 4) is 0 Å². The number of nitrogens with zero attached hydrogens (tertiary/aromatic N) is 3. The Morgan fingerprint density at radius 3 is 1.60 bits per heavy atom. The quantitative estimate of drug-likeness (QED) is 0.383. The third-order valence-electron chi connectivity index (χ3n) is 4.96. The van der Waals surface area contributed by atoms with Crippen molar-refractivity contribution in [1.82, 2.24) is 4.98 Å². The standard InChI is InChI=1S/C26H23N3O/c1-21(25-19-11-12-20-27-25)28(22-13-5-2-6-14-22)26(30)29(23-15-7-3-8-16-23)24-17-9-4-10-18-24/h2-21H,1H3. The first-order chi connectivity index (χ1) is 14.8. The van der Waals surface area contributed by atoms with Gasteiger partial charge in [-0.2, -0.15) is 0 Å². The van der Waals surface area contributed by atoms with Crippen molar-refractivity contribution in [2.45, 2.75) is 13.0 Å². The van der Waals surface area contributed by atoms with Crippen LogP contribution >= 0.6 is 0 Å². The molecule has 2 amide bonds. The van der Waals surface area contributed by atoms with E-state index >= 15 is 0 Å². The number of pyridine rings is 1. The fourth-order valence-corrected chi connectivity index (χ4v) is 3.48. The van der Waals surface area contributed by atoms with Gasteiger partial charge in [0.1, 0.15) is 0 Å². The van der Waals surface area contributed by atoms with Crippen molar-refractivity contribution >= 4 is 23.1 Å². The van der Waals surface area contributed by atoms with Crippen molar-refractivity contribution < 1.29 is 4.79 Å². The van der Waals surface area contributed by atoms with Gasteiger partial charge >= 0.3 is 6.03 Å². The fourth-order valence-electron chi connectivity index (χ4n) is 3.48. The van der Waals surface area contributed by atoms with E-state index in [2.05, 4.69) is 4.98 Å². The molecule has 0 saturated carbocycles. The number of carbonyl (C=O) groups excluding carboxylic acids is 1. The molecular formula is C26H23N3O.